The molecule has 0 aromatic heterocycles. The Balaban J connectivity index is 0.00000240. The smallest absolute Gasteiger partial charge is 1.00 e. The third kappa shape index (κ3) is 6.95. The molecule has 0 radical (unpaired) electrons. The summed E-state index contributed by atoms with van der Waals surface area (Å²) in [5.74, 6) is 0.597. The van der Waals surface area contributed by atoms with Crippen molar-refractivity contribution in [2.75, 3.05) is 0 Å². The van der Waals surface area contributed by atoms with Crippen LogP contribution in [0.5, 0.6) is 0 Å². The summed E-state index contributed by atoms with van der Waals surface area (Å²) >= 11 is -2.84. The van der Waals surface area contributed by atoms with Crippen molar-refractivity contribution in [2.24, 2.45) is 5.92 Å². The van der Waals surface area contributed by atoms with Crippen LogP contribution in [-0.4, -0.2) is 3.21 Å². The van der Waals surface area contributed by atoms with Crippen LogP contribution in [0.1, 0.15) is 105 Å². The van der Waals surface area contributed by atoms with Crippen molar-refractivity contribution in [1.82, 2.24) is 0 Å². The Hall–Kier alpha value is -2.31. The Morgan fingerprint density at radius 1 is 0.522 bits per heavy atom. The van der Waals surface area contributed by atoms with Crippen LogP contribution in [0.15, 0.2) is 129 Å². The standard InChI is InChI=1S/C17H29.C13H9.C13H10.2ClH.Zr/c1-5-9-14-13-15(10-6-2)17(12-8-4)16(14)11-7-3;1-3-7-12-10(5-1)9-11-6-2-4-8-13(11)12;1-3-7-12(8-4-1)11-13-9-5-2-6-10-13;;;/h14H,5-12H2,1-4H3;1-9H;1-10H;2*1H;/q;;;;;+2/p-2. The summed E-state index contributed by atoms with van der Waals surface area (Å²) < 4.78 is 4.08. The molecule has 0 aliphatic heterocycles. The summed E-state index contributed by atoms with van der Waals surface area (Å²) in [5.41, 5.74) is 14.3. The molecular weight excluding hydrogens is 679 g/mol. The minimum Gasteiger partial charge on any atom is -1.00 e. The van der Waals surface area contributed by atoms with E-state index < -0.39 is 21.3 Å². The predicted molar refractivity (Wildman–Crippen MR) is 187 cm³/mol. The summed E-state index contributed by atoms with van der Waals surface area (Å²) in [6.07, 6.45) is 9.88. The zero-order valence-corrected chi connectivity index (χ0v) is 31.9. The third-order valence-electron chi connectivity index (χ3n) is 9.75. The zero-order valence-electron chi connectivity index (χ0n) is 28.0. The number of hydrogen-bond donors (Lipinski definition) is 0. The summed E-state index contributed by atoms with van der Waals surface area (Å²) in [7, 11) is 0. The fraction of sp³-hybridized carbons (Fsp3) is 0.326. The average Bonchev–Trinajstić information content (AvgIpc) is 3.54. The largest absolute Gasteiger partial charge is 1.00 e. The molecule has 1 unspecified atom stereocenters. The SMILES string of the molecule is CCCC1=C(CCC)C(CCC)[C]([Zr+2](=[C](c2ccccc2)c2ccccc2)[CH]2c3ccccc3-c3ccccc32)=C1CCC.[Cl-].[Cl-]. The molecule has 4 aromatic carbocycles. The van der Waals surface area contributed by atoms with E-state index in [2.05, 4.69) is 137 Å². The summed E-state index contributed by atoms with van der Waals surface area (Å²) in [6, 6.07) is 41.9. The minimum absolute atomic E-state index is 0. The van der Waals surface area contributed by atoms with E-state index in [1.807, 2.05) is 8.85 Å². The van der Waals surface area contributed by atoms with Crippen LogP contribution >= 0.6 is 0 Å². The maximum atomic E-state index is 2.48. The first kappa shape index (κ1) is 36.5. The summed E-state index contributed by atoms with van der Waals surface area (Å²) in [6.45, 7) is 9.61. The van der Waals surface area contributed by atoms with Gasteiger partial charge >= 0.3 is 276 Å². The molecule has 0 saturated heterocycles. The molecular formula is C43H48Cl2Zr. The molecule has 46 heavy (non-hydrogen) atoms. The Morgan fingerprint density at radius 3 is 1.46 bits per heavy atom. The number of hydrogen-bond acceptors (Lipinski definition) is 0. The van der Waals surface area contributed by atoms with Gasteiger partial charge in [0.1, 0.15) is 0 Å². The normalized spacial score (nSPS) is 15.1. The summed E-state index contributed by atoms with van der Waals surface area (Å²) in [5, 5.41) is 0. The van der Waals surface area contributed by atoms with Crippen molar-refractivity contribution in [3.05, 3.63) is 151 Å². The third-order valence-corrected chi connectivity index (χ3v) is 18.5. The number of rotatable bonds is 12. The van der Waals surface area contributed by atoms with Crippen molar-refractivity contribution < 1.29 is 46.1 Å². The number of fused-ring (bicyclic) bond motifs is 3. The molecule has 0 heterocycles. The molecule has 0 bridgehead atoms. The van der Waals surface area contributed by atoms with Crippen molar-refractivity contribution >= 4 is 3.21 Å². The molecule has 238 valence electrons. The maximum Gasteiger partial charge on any atom is -1.00 e. The van der Waals surface area contributed by atoms with Gasteiger partial charge in [0.15, 0.2) is 0 Å². The molecule has 0 spiro atoms. The van der Waals surface area contributed by atoms with E-state index >= 15 is 0 Å². The van der Waals surface area contributed by atoms with Gasteiger partial charge in [0.05, 0.1) is 0 Å². The first-order chi connectivity index (χ1) is 21.7. The van der Waals surface area contributed by atoms with E-state index in [1.165, 1.54) is 73.6 Å². The Bertz CT molecular complexity index is 1610. The van der Waals surface area contributed by atoms with Gasteiger partial charge in [-0.05, 0) is 0 Å². The molecule has 0 N–H and O–H groups in total. The van der Waals surface area contributed by atoms with Crippen molar-refractivity contribution in [1.29, 1.82) is 0 Å². The van der Waals surface area contributed by atoms with Crippen LogP contribution < -0.4 is 24.8 Å². The maximum absolute atomic E-state index is 2.84. The Labute approximate surface area is 298 Å². The second-order valence-electron chi connectivity index (χ2n) is 12.6. The molecule has 4 aromatic rings. The molecule has 0 nitrogen and oxygen atoms in total. The van der Waals surface area contributed by atoms with Crippen molar-refractivity contribution in [3.63, 3.8) is 0 Å². The van der Waals surface area contributed by atoms with Crippen molar-refractivity contribution in [2.45, 2.75) is 82.7 Å². The molecule has 3 heteroatoms. The van der Waals surface area contributed by atoms with E-state index in [4.69, 9.17) is 0 Å². The van der Waals surface area contributed by atoms with Gasteiger partial charge in [-0.3, -0.25) is 0 Å². The molecule has 0 saturated carbocycles. The van der Waals surface area contributed by atoms with Gasteiger partial charge in [0.25, 0.3) is 0 Å². The molecule has 6 rings (SSSR count). The van der Waals surface area contributed by atoms with Crippen LogP contribution in [0, 0.1) is 5.92 Å². The van der Waals surface area contributed by atoms with Gasteiger partial charge in [-0.15, -0.1) is 0 Å². The van der Waals surface area contributed by atoms with Crippen LogP contribution in [0.2, 0.25) is 0 Å². The van der Waals surface area contributed by atoms with Gasteiger partial charge in [-0.1, -0.05) is 0 Å². The number of allylic oxidation sites excluding steroid dienone is 4. The van der Waals surface area contributed by atoms with Crippen LogP contribution in [0.4, 0.5) is 0 Å². The average molecular weight is 727 g/mol. The first-order valence-corrected chi connectivity index (χ1v) is 21.1. The zero-order chi connectivity index (χ0) is 30.5. The second-order valence-corrected chi connectivity index (χ2v) is 18.6. The molecule has 1 atom stereocenters. The van der Waals surface area contributed by atoms with Crippen LogP contribution in [0.25, 0.3) is 11.1 Å². The fourth-order valence-corrected chi connectivity index (χ4v) is 18.6. The van der Waals surface area contributed by atoms with E-state index in [1.54, 1.807) is 25.5 Å². The van der Waals surface area contributed by atoms with Crippen molar-refractivity contribution in [3.8, 4) is 11.1 Å². The monoisotopic (exact) mass is 724 g/mol. The topological polar surface area (TPSA) is 0 Å². The summed E-state index contributed by atoms with van der Waals surface area (Å²) in [4.78, 5) is 0. The molecule has 0 amide bonds. The van der Waals surface area contributed by atoms with E-state index in [9.17, 15) is 0 Å². The van der Waals surface area contributed by atoms with Crippen LogP contribution in [0.3, 0.4) is 0 Å². The van der Waals surface area contributed by atoms with Gasteiger partial charge in [0.2, 0.25) is 0 Å². The number of halogens is 2. The van der Waals surface area contributed by atoms with Gasteiger partial charge in [-0.2, -0.15) is 0 Å². The molecule has 2 aliphatic rings. The first-order valence-electron chi connectivity index (χ1n) is 17.2. The van der Waals surface area contributed by atoms with Gasteiger partial charge in [-0.25, -0.2) is 0 Å². The van der Waals surface area contributed by atoms with E-state index in [0.717, 1.165) is 0 Å². The van der Waals surface area contributed by atoms with Gasteiger partial charge < -0.3 is 24.8 Å². The number of benzene rings is 4. The molecule has 2 aliphatic carbocycles. The van der Waals surface area contributed by atoms with Crippen LogP contribution in [-0.2, 0) is 21.3 Å². The Morgan fingerprint density at radius 2 is 0.978 bits per heavy atom. The Kier molecular flexibility index (Phi) is 13.7. The second kappa shape index (κ2) is 17.2. The predicted octanol–water partition coefficient (Wildman–Crippen LogP) is 6.03. The van der Waals surface area contributed by atoms with E-state index in [-0.39, 0.29) is 24.8 Å². The molecule has 0 fully saturated rings. The van der Waals surface area contributed by atoms with Gasteiger partial charge in [0, 0.05) is 0 Å². The quantitative estimate of drug-likeness (QED) is 0.167. The fourth-order valence-electron chi connectivity index (χ4n) is 8.19. The minimum atomic E-state index is -2.84. The van der Waals surface area contributed by atoms with E-state index in [0.29, 0.717) is 9.54 Å².